The first-order chi connectivity index (χ1) is 17.2. The lowest BCUT2D eigenvalue weighted by Crippen LogP contribution is -2.46. The molecule has 3 aliphatic rings. The molecule has 1 saturated carbocycles. The number of amides is 2. The monoisotopic (exact) mass is 474 g/mol. The van der Waals surface area contributed by atoms with E-state index in [1.165, 1.54) is 17.7 Å². The smallest absolute Gasteiger partial charge is 0.247 e. The van der Waals surface area contributed by atoms with E-state index in [0.717, 1.165) is 76.9 Å². The minimum Gasteiger partial charge on any atom is -0.369 e. The van der Waals surface area contributed by atoms with Gasteiger partial charge < -0.3 is 15.1 Å². The van der Waals surface area contributed by atoms with Gasteiger partial charge in [0.15, 0.2) is 0 Å². The SMILES string of the molecule is O=C(Nc1ccc(N2CCN(Cc3ccccc3)CC2)cc1)C1CCCN1C(=O)C1CCCCC1. The molecule has 0 spiro atoms. The quantitative estimate of drug-likeness (QED) is 0.669. The number of likely N-dealkylation sites (tertiary alicyclic amines) is 1. The minimum atomic E-state index is -0.332. The van der Waals surface area contributed by atoms with E-state index in [0.29, 0.717) is 6.54 Å². The van der Waals surface area contributed by atoms with Gasteiger partial charge in [-0.25, -0.2) is 0 Å². The zero-order valence-electron chi connectivity index (χ0n) is 20.7. The summed E-state index contributed by atoms with van der Waals surface area (Å²) in [5.74, 6) is 0.266. The molecule has 2 aliphatic heterocycles. The van der Waals surface area contributed by atoms with Gasteiger partial charge in [-0.2, -0.15) is 0 Å². The highest BCUT2D eigenvalue weighted by Gasteiger charge is 2.37. The number of rotatable bonds is 6. The van der Waals surface area contributed by atoms with E-state index < -0.39 is 0 Å². The van der Waals surface area contributed by atoms with Gasteiger partial charge in [0.05, 0.1) is 0 Å². The van der Waals surface area contributed by atoms with Crippen LogP contribution in [0.25, 0.3) is 0 Å². The maximum atomic E-state index is 13.1. The number of anilines is 2. The van der Waals surface area contributed by atoms with Gasteiger partial charge in [0.1, 0.15) is 6.04 Å². The van der Waals surface area contributed by atoms with Gasteiger partial charge in [0.25, 0.3) is 0 Å². The van der Waals surface area contributed by atoms with Crippen LogP contribution in [0.15, 0.2) is 54.6 Å². The molecule has 1 unspecified atom stereocenters. The highest BCUT2D eigenvalue weighted by Crippen LogP contribution is 2.29. The zero-order valence-corrected chi connectivity index (χ0v) is 20.7. The van der Waals surface area contributed by atoms with E-state index in [9.17, 15) is 9.59 Å². The molecular formula is C29H38N4O2. The fourth-order valence-electron chi connectivity index (χ4n) is 5.87. The van der Waals surface area contributed by atoms with Crippen molar-refractivity contribution in [3.8, 4) is 0 Å². The Balaban J connectivity index is 1.12. The van der Waals surface area contributed by atoms with Gasteiger partial charge in [-0.05, 0) is 55.5 Å². The normalized spacial score (nSPS) is 21.8. The van der Waals surface area contributed by atoms with E-state index in [1.807, 2.05) is 17.0 Å². The Kier molecular flexibility index (Phi) is 7.67. The molecule has 1 N–H and O–H groups in total. The molecule has 1 atom stereocenters. The number of carbonyl (C=O) groups is 2. The van der Waals surface area contributed by atoms with Gasteiger partial charge in [0.2, 0.25) is 11.8 Å². The third-order valence-corrected chi connectivity index (χ3v) is 7.91. The fraction of sp³-hybridized carbons (Fsp3) is 0.517. The Morgan fingerprint density at radius 1 is 0.771 bits per heavy atom. The Morgan fingerprint density at radius 3 is 2.20 bits per heavy atom. The largest absolute Gasteiger partial charge is 0.369 e. The molecule has 1 aliphatic carbocycles. The average molecular weight is 475 g/mol. The highest BCUT2D eigenvalue weighted by molar-refractivity contribution is 5.98. The standard InChI is InChI=1S/C29H38N4O2/c34-28(27-12-7-17-33(27)29(35)24-10-5-2-6-11-24)30-25-13-15-26(16-14-25)32-20-18-31(19-21-32)22-23-8-3-1-4-9-23/h1,3-4,8-9,13-16,24,27H,2,5-7,10-12,17-22H2,(H,30,34). The van der Waals surface area contributed by atoms with Crippen molar-refractivity contribution in [2.45, 2.75) is 57.5 Å². The van der Waals surface area contributed by atoms with Crippen LogP contribution in [-0.4, -0.2) is 60.4 Å². The van der Waals surface area contributed by atoms with Crippen molar-refractivity contribution in [1.82, 2.24) is 9.80 Å². The van der Waals surface area contributed by atoms with Crippen LogP contribution < -0.4 is 10.2 Å². The molecule has 2 aromatic carbocycles. The van der Waals surface area contributed by atoms with Crippen molar-refractivity contribution in [2.75, 3.05) is 42.9 Å². The van der Waals surface area contributed by atoms with Crippen LogP contribution in [0.1, 0.15) is 50.5 Å². The molecule has 6 heteroatoms. The molecule has 2 aromatic rings. The van der Waals surface area contributed by atoms with E-state index >= 15 is 0 Å². The molecule has 186 valence electrons. The molecular weight excluding hydrogens is 436 g/mol. The second-order valence-corrected chi connectivity index (χ2v) is 10.3. The predicted molar refractivity (Wildman–Crippen MR) is 140 cm³/mol. The summed E-state index contributed by atoms with van der Waals surface area (Å²) in [6, 6.07) is 18.5. The maximum absolute atomic E-state index is 13.1. The van der Waals surface area contributed by atoms with Crippen molar-refractivity contribution in [3.63, 3.8) is 0 Å². The molecule has 35 heavy (non-hydrogen) atoms. The lowest BCUT2D eigenvalue weighted by atomic mass is 9.88. The van der Waals surface area contributed by atoms with Crippen LogP contribution in [-0.2, 0) is 16.1 Å². The molecule has 3 fully saturated rings. The number of hydrogen-bond acceptors (Lipinski definition) is 4. The number of nitrogens with one attached hydrogen (secondary N) is 1. The molecule has 5 rings (SSSR count). The molecule has 2 amide bonds. The maximum Gasteiger partial charge on any atom is 0.247 e. The third kappa shape index (κ3) is 5.87. The van der Waals surface area contributed by atoms with Crippen LogP contribution in [0.2, 0.25) is 0 Å². The summed E-state index contributed by atoms with van der Waals surface area (Å²) >= 11 is 0. The van der Waals surface area contributed by atoms with Crippen molar-refractivity contribution in [1.29, 1.82) is 0 Å². The van der Waals surface area contributed by atoms with Crippen LogP contribution in [0, 0.1) is 5.92 Å². The van der Waals surface area contributed by atoms with Gasteiger partial charge >= 0.3 is 0 Å². The van der Waals surface area contributed by atoms with Crippen molar-refractivity contribution >= 4 is 23.2 Å². The summed E-state index contributed by atoms with van der Waals surface area (Å²) < 4.78 is 0. The molecule has 6 nitrogen and oxygen atoms in total. The Hall–Kier alpha value is -2.86. The predicted octanol–water partition coefficient (Wildman–Crippen LogP) is 4.52. The fourth-order valence-corrected chi connectivity index (χ4v) is 5.87. The Morgan fingerprint density at radius 2 is 1.49 bits per heavy atom. The summed E-state index contributed by atoms with van der Waals surface area (Å²) in [4.78, 5) is 32.9. The number of nitrogens with zero attached hydrogens (tertiary/aromatic N) is 3. The highest BCUT2D eigenvalue weighted by atomic mass is 16.2. The molecule has 0 radical (unpaired) electrons. The summed E-state index contributed by atoms with van der Waals surface area (Å²) in [7, 11) is 0. The van der Waals surface area contributed by atoms with Gasteiger partial charge in [-0.1, -0.05) is 49.6 Å². The number of hydrogen-bond donors (Lipinski definition) is 1. The van der Waals surface area contributed by atoms with Gasteiger partial charge in [-0.3, -0.25) is 14.5 Å². The Bertz CT molecular complexity index is 980. The van der Waals surface area contributed by atoms with Crippen LogP contribution in [0.5, 0.6) is 0 Å². The summed E-state index contributed by atoms with van der Waals surface area (Å²) in [5, 5.41) is 3.08. The van der Waals surface area contributed by atoms with Crippen molar-refractivity contribution in [3.05, 3.63) is 60.2 Å². The van der Waals surface area contributed by atoms with Crippen molar-refractivity contribution < 1.29 is 9.59 Å². The van der Waals surface area contributed by atoms with Crippen molar-refractivity contribution in [2.24, 2.45) is 5.92 Å². The molecule has 0 bridgehead atoms. The lowest BCUT2D eigenvalue weighted by Gasteiger charge is -2.36. The number of carbonyl (C=O) groups excluding carboxylic acids is 2. The van der Waals surface area contributed by atoms with Crippen LogP contribution in [0.3, 0.4) is 0 Å². The molecule has 0 aromatic heterocycles. The van der Waals surface area contributed by atoms with E-state index in [-0.39, 0.29) is 23.8 Å². The summed E-state index contributed by atoms with van der Waals surface area (Å²) in [5.41, 5.74) is 3.36. The first kappa shape index (κ1) is 23.9. The number of piperazine rings is 1. The molecule has 2 heterocycles. The summed E-state index contributed by atoms with van der Waals surface area (Å²) in [6.45, 7) is 5.79. The van der Waals surface area contributed by atoms with E-state index in [2.05, 4.69) is 57.6 Å². The van der Waals surface area contributed by atoms with Crippen LogP contribution >= 0.6 is 0 Å². The minimum absolute atomic E-state index is 0.0473. The zero-order chi connectivity index (χ0) is 24.0. The van der Waals surface area contributed by atoms with Gasteiger partial charge in [-0.15, -0.1) is 0 Å². The number of benzene rings is 2. The molecule has 2 saturated heterocycles. The first-order valence-electron chi connectivity index (χ1n) is 13.4. The average Bonchev–Trinajstić information content (AvgIpc) is 3.41. The second kappa shape index (κ2) is 11.3. The first-order valence-corrected chi connectivity index (χ1v) is 13.4. The van der Waals surface area contributed by atoms with Gasteiger partial charge in [0, 0.05) is 56.6 Å². The van der Waals surface area contributed by atoms with Crippen LogP contribution in [0.4, 0.5) is 11.4 Å². The van der Waals surface area contributed by atoms with E-state index in [4.69, 9.17) is 0 Å². The summed E-state index contributed by atoms with van der Waals surface area (Å²) in [6.07, 6.45) is 7.12. The lowest BCUT2D eigenvalue weighted by molar-refractivity contribution is -0.141. The third-order valence-electron chi connectivity index (χ3n) is 7.91. The van der Waals surface area contributed by atoms with E-state index in [1.54, 1.807) is 0 Å². The second-order valence-electron chi connectivity index (χ2n) is 10.3. The topological polar surface area (TPSA) is 55.9 Å². The Labute approximate surface area is 209 Å².